The summed E-state index contributed by atoms with van der Waals surface area (Å²) >= 11 is 0. The molecule has 2 N–H and O–H groups in total. The highest BCUT2D eigenvalue weighted by Crippen LogP contribution is 2.42. The van der Waals surface area contributed by atoms with Crippen molar-refractivity contribution in [3.63, 3.8) is 0 Å². The van der Waals surface area contributed by atoms with Crippen LogP contribution < -0.4 is 15.4 Å². The number of para-hydroxylation sites is 1. The van der Waals surface area contributed by atoms with Crippen LogP contribution in [0.2, 0.25) is 0 Å². The van der Waals surface area contributed by atoms with Crippen molar-refractivity contribution in [1.29, 1.82) is 0 Å². The van der Waals surface area contributed by atoms with Crippen LogP contribution in [0.3, 0.4) is 0 Å². The first-order chi connectivity index (χ1) is 20.6. The number of anilines is 1. The average Bonchev–Trinajstić information content (AvgIpc) is 3.73. The Morgan fingerprint density at radius 1 is 1.14 bits per heavy atom. The summed E-state index contributed by atoms with van der Waals surface area (Å²) in [4.78, 5) is 33.6. The van der Waals surface area contributed by atoms with E-state index in [2.05, 4.69) is 51.0 Å². The van der Waals surface area contributed by atoms with Gasteiger partial charge in [-0.25, -0.2) is 9.78 Å². The number of nitrogens with one attached hydrogen (secondary N) is 2. The minimum Gasteiger partial charge on any atom is -0.494 e. The fourth-order valence-corrected chi connectivity index (χ4v) is 7.50. The molecular weight excluding hydrogens is 544 g/mol. The number of methoxy groups -OCH3 is 1. The third-order valence-corrected chi connectivity index (χ3v) is 9.39. The highest BCUT2D eigenvalue weighted by Gasteiger charge is 2.50. The van der Waals surface area contributed by atoms with Gasteiger partial charge in [-0.3, -0.25) is 4.79 Å². The molecule has 10 heteroatoms. The average molecular weight is 585 g/mol. The van der Waals surface area contributed by atoms with Crippen molar-refractivity contribution in [3.8, 4) is 17.3 Å². The van der Waals surface area contributed by atoms with E-state index in [1.807, 2.05) is 44.9 Å². The van der Waals surface area contributed by atoms with Gasteiger partial charge in [-0.1, -0.05) is 19.1 Å². The molecule has 226 valence electrons. The number of aryl methyl sites for hydroxylation is 1. The molecule has 2 fully saturated rings. The van der Waals surface area contributed by atoms with Gasteiger partial charge in [-0.15, -0.1) is 0 Å². The first-order valence-electron chi connectivity index (χ1n) is 15.3. The number of likely N-dealkylation sites (tertiary alicyclic amines) is 1. The van der Waals surface area contributed by atoms with E-state index in [0.717, 1.165) is 48.5 Å². The van der Waals surface area contributed by atoms with Crippen molar-refractivity contribution in [3.05, 3.63) is 42.0 Å². The van der Waals surface area contributed by atoms with Crippen molar-refractivity contribution < 1.29 is 19.1 Å². The lowest BCUT2D eigenvalue weighted by molar-refractivity contribution is 0.0485. The predicted octanol–water partition coefficient (Wildman–Crippen LogP) is 5.71. The normalized spacial score (nSPS) is 22.7. The SMILES string of the molecule is CCC1CNc2cccc3cc(-c4nc5cc(C(=O)N6C[C@H]7CC[C@@H]6[C@@H]7NC(=O)OC(C)(C)C)cc(OC)c5n4C)n1c23. The Balaban J connectivity index is 1.24. The number of piperidine rings is 1. The first-order valence-corrected chi connectivity index (χ1v) is 15.3. The summed E-state index contributed by atoms with van der Waals surface area (Å²) in [5.41, 5.74) is 4.91. The van der Waals surface area contributed by atoms with Gasteiger partial charge in [0.1, 0.15) is 16.9 Å². The molecule has 1 unspecified atom stereocenters. The molecule has 1 saturated heterocycles. The van der Waals surface area contributed by atoms with E-state index in [1.165, 1.54) is 10.9 Å². The van der Waals surface area contributed by atoms with Crippen molar-refractivity contribution in [2.75, 3.05) is 25.5 Å². The molecule has 43 heavy (non-hydrogen) atoms. The highest BCUT2D eigenvalue weighted by atomic mass is 16.6. The fourth-order valence-electron chi connectivity index (χ4n) is 7.50. The summed E-state index contributed by atoms with van der Waals surface area (Å²) in [7, 11) is 3.64. The minimum absolute atomic E-state index is 0.0685. The summed E-state index contributed by atoms with van der Waals surface area (Å²) < 4.78 is 15.9. The number of hydrogen-bond donors (Lipinski definition) is 2. The fraction of sp³-hybridized carbons (Fsp3) is 0.485. The molecule has 7 rings (SSSR count). The molecule has 10 nitrogen and oxygen atoms in total. The van der Waals surface area contributed by atoms with E-state index in [1.54, 1.807) is 7.11 Å². The molecule has 2 aromatic carbocycles. The zero-order valence-electron chi connectivity index (χ0n) is 25.7. The van der Waals surface area contributed by atoms with E-state index in [9.17, 15) is 9.59 Å². The van der Waals surface area contributed by atoms with Crippen molar-refractivity contribution >= 4 is 39.6 Å². The maximum atomic E-state index is 14.0. The molecule has 1 saturated carbocycles. The van der Waals surface area contributed by atoms with Crippen LogP contribution in [0.4, 0.5) is 10.5 Å². The number of carbonyl (C=O) groups excluding carboxylic acids is 2. The lowest BCUT2D eigenvalue weighted by Crippen LogP contribution is -2.46. The first kappa shape index (κ1) is 27.6. The Kier molecular flexibility index (Phi) is 6.37. The standard InChI is InChI=1S/C33H40N6O4/c1-7-21-16-34-22-10-8-9-18-14-25(39(21)28(18)22)30-35-23-13-20(15-26(42-6)29(23)37(30)5)31(40)38-17-19-11-12-24(38)27(19)36-32(41)43-33(2,3)4/h8-10,13-15,19,21,24,27,34H,7,11-12,16-17H2,1-6H3,(H,36,41)/t19-,21?,24-,27-/m1/s1. The zero-order valence-corrected chi connectivity index (χ0v) is 25.7. The lowest BCUT2D eigenvalue weighted by Gasteiger charge is -2.28. The second kappa shape index (κ2) is 9.92. The number of rotatable bonds is 5. The quantitative estimate of drug-likeness (QED) is 0.312. The molecule has 4 atom stereocenters. The molecular formula is C33H40N6O4. The van der Waals surface area contributed by atoms with Crippen molar-refractivity contribution in [2.45, 2.75) is 70.7 Å². The van der Waals surface area contributed by atoms with Gasteiger partial charge in [0.25, 0.3) is 5.91 Å². The molecule has 4 heterocycles. The van der Waals surface area contributed by atoms with E-state index >= 15 is 0 Å². The number of fused-ring (bicyclic) bond motifs is 3. The Morgan fingerprint density at radius 2 is 1.95 bits per heavy atom. The summed E-state index contributed by atoms with van der Waals surface area (Å²) in [6.07, 6.45) is 2.39. The summed E-state index contributed by atoms with van der Waals surface area (Å²) in [5.74, 6) is 1.59. The predicted molar refractivity (Wildman–Crippen MR) is 167 cm³/mol. The number of nitrogens with zero attached hydrogens (tertiary/aromatic N) is 4. The maximum absolute atomic E-state index is 14.0. The third kappa shape index (κ3) is 4.41. The number of ether oxygens (including phenoxy) is 2. The molecule has 4 aromatic rings. The van der Waals surface area contributed by atoms with Gasteiger partial charge in [0.05, 0.1) is 47.7 Å². The van der Waals surface area contributed by atoms with Gasteiger partial charge in [-0.2, -0.15) is 0 Å². The molecule has 1 aliphatic carbocycles. The van der Waals surface area contributed by atoms with Crippen molar-refractivity contribution in [2.24, 2.45) is 13.0 Å². The van der Waals surface area contributed by atoms with Gasteiger partial charge in [0.2, 0.25) is 0 Å². The van der Waals surface area contributed by atoms with E-state index < -0.39 is 11.7 Å². The Labute approximate surface area is 251 Å². The number of benzene rings is 2. The van der Waals surface area contributed by atoms with Gasteiger partial charge in [0.15, 0.2) is 5.82 Å². The van der Waals surface area contributed by atoms with E-state index in [4.69, 9.17) is 14.5 Å². The van der Waals surface area contributed by atoms with Crippen LogP contribution in [0.25, 0.3) is 33.5 Å². The smallest absolute Gasteiger partial charge is 0.407 e. The van der Waals surface area contributed by atoms with E-state index in [0.29, 0.717) is 29.4 Å². The molecule has 2 aliphatic heterocycles. The van der Waals surface area contributed by atoms with Gasteiger partial charge < -0.3 is 34.1 Å². The summed E-state index contributed by atoms with van der Waals surface area (Å²) in [6.45, 7) is 9.23. The van der Waals surface area contributed by atoms with Crippen LogP contribution in [0.15, 0.2) is 36.4 Å². The molecule has 0 spiro atoms. The number of imidazole rings is 1. The lowest BCUT2D eigenvalue weighted by atomic mass is 10.1. The molecule has 2 amide bonds. The summed E-state index contributed by atoms with van der Waals surface area (Å²) in [6, 6.07) is 12.4. The number of carbonyl (C=O) groups is 2. The second-order valence-corrected chi connectivity index (χ2v) is 13.2. The largest absolute Gasteiger partial charge is 0.494 e. The summed E-state index contributed by atoms with van der Waals surface area (Å²) in [5, 5.41) is 7.82. The Hall–Kier alpha value is -4.21. The van der Waals surface area contributed by atoms with Crippen molar-refractivity contribution in [1.82, 2.24) is 24.3 Å². The number of alkyl carbamates (subject to hydrolysis) is 1. The molecule has 0 radical (unpaired) electrons. The van der Waals surface area contributed by atoms with E-state index in [-0.39, 0.29) is 23.9 Å². The number of aromatic nitrogens is 3. The number of hydrogen-bond acceptors (Lipinski definition) is 6. The van der Waals surface area contributed by atoms with Crippen LogP contribution in [0.5, 0.6) is 5.75 Å². The second-order valence-electron chi connectivity index (χ2n) is 13.2. The Morgan fingerprint density at radius 3 is 2.70 bits per heavy atom. The van der Waals surface area contributed by atoms with Crippen LogP contribution in [-0.4, -0.2) is 68.9 Å². The molecule has 3 aliphatic rings. The molecule has 2 bridgehead atoms. The highest BCUT2D eigenvalue weighted by molar-refractivity contribution is 6.01. The van der Waals surface area contributed by atoms with Gasteiger partial charge in [-0.05, 0) is 70.2 Å². The van der Waals surface area contributed by atoms with Gasteiger partial charge >= 0.3 is 6.09 Å². The van der Waals surface area contributed by atoms with Crippen LogP contribution in [0, 0.1) is 5.92 Å². The topological polar surface area (TPSA) is 103 Å². The van der Waals surface area contributed by atoms with Crippen LogP contribution >= 0.6 is 0 Å². The van der Waals surface area contributed by atoms with Crippen LogP contribution in [0.1, 0.15) is 63.4 Å². The third-order valence-electron chi connectivity index (χ3n) is 9.39. The number of amides is 2. The maximum Gasteiger partial charge on any atom is 0.407 e. The zero-order chi connectivity index (χ0) is 30.2. The van der Waals surface area contributed by atoms with Gasteiger partial charge in [0, 0.05) is 31.1 Å². The van der Waals surface area contributed by atoms with Crippen LogP contribution in [-0.2, 0) is 11.8 Å². The monoisotopic (exact) mass is 584 g/mol. The minimum atomic E-state index is -0.577. The molecule has 2 aromatic heterocycles. The Bertz CT molecular complexity index is 1760.